The van der Waals surface area contributed by atoms with Gasteiger partial charge in [-0.3, -0.25) is 0 Å². The van der Waals surface area contributed by atoms with Crippen molar-refractivity contribution < 1.29 is 19.0 Å². The summed E-state index contributed by atoms with van der Waals surface area (Å²) in [6.07, 6.45) is 5.92. The van der Waals surface area contributed by atoms with Crippen molar-refractivity contribution in [3.8, 4) is 11.5 Å². The summed E-state index contributed by atoms with van der Waals surface area (Å²) in [7, 11) is 1.57. The van der Waals surface area contributed by atoms with Gasteiger partial charge in [0.25, 0.3) is 0 Å². The minimum Gasteiger partial charge on any atom is -0.493 e. The van der Waals surface area contributed by atoms with Gasteiger partial charge in [-0.15, -0.1) is 11.8 Å². The number of thioether (sulfide) groups is 1. The van der Waals surface area contributed by atoms with E-state index in [-0.39, 0.29) is 13.2 Å². The molecule has 0 aromatic heterocycles. The lowest BCUT2D eigenvalue weighted by atomic mass is 10.2. The molecule has 0 fully saturated rings. The molecule has 0 spiro atoms. The topological polar surface area (TPSA) is 44.8 Å². The molecule has 0 N–H and O–H groups in total. The third kappa shape index (κ3) is 5.87. The second-order valence-electron chi connectivity index (χ2n) is 5.21. The Morgan fingerprint density at radius 3 is 2.52 bits per heavy atom. The number of benzene rings is 2. The molecule has 5 heteroatoms. The van der Waals surface area contributed by atoms with Crippen molar-refractivity contribution in [2.45, 2.75) is 18.4 Å². The van der Waals surface area contributed by atoms with Crippen LogP contribution in [-0.2, 0) is 16.1 Å². The minimum absolute atomic E-state index is 0.164. The van der Waals surface area contributed by atoms with Crippen LogP contribution in [0.25, 0.3) is 6.08 Å². The van der Waals surface area contributed by atoms with Crippen LogP contribution in [0.5, 0.6) is 11.5 Å². The van der Waals surface area contributed by atoms with Gasteiger partial charge in [0.1, 0.15) is 6.61 Å². The molecule has 0 atom stereocenters. The van der Waals surface area contributed by atoms with Crippen molar-refractivity contribution in [3.05, 3.63) is 59.7 Å². The highest BCUT2D eigenvalue weighted by Crippen LogP contribution is 2.28. The lowest BCUT2D eigenvalue weighted by Crippen LogP contribution is -2.15. The first-order chi connectivity index (χ1) is 12.2. The summed E-state index contributed by atoms with van der Waals surface area (Å²) in [5, 5.41) is 0. The third-order valence-corrected chi connectivity index (χ3v) is 4.19. The summed E-state index contributed by atoms with van der Waals surface area (Å²) >= 11 is 1.67. The molecular weight excluding hydrogens is 336 g/mol. The minimum atomic E-state index is -0.423. The Balaban J connectivity index is 1.86. The number of hydrogen-bond donors (Lipinski definition) is 0. The van der Waals surface area contributed by atoms with Gasteiger partial charge in [0, 0.05) is 4.90 Å². The third-order valence-electron chi connectivity index (χ3n) is 3.45. The molecule has 0 radical (unpaired) electrons. The van der Waals surface area contributed by atoms with Crippen LogP contribution in [0, 0.1) is 0 Å². The molecule has 0 saturated heterocycles. The maximum Gasteiger partial charge on any atom is 0.344 e. The molecule has 0 aliphatic rings. The van der Waals surface area contributed by atoms with Gasteiger partial charge in [-0.05, 0) is 48.6 Å². The first-order valence-corrected chi connectivity index (χ1v) is 9.11. The Morgan fingerprint density at radius 1 is 1.12 bits per heavy atom. The molecule has 0 aliphatic heterocycles. The normalized spacial score (nSPS) is 10.7. The van der Waals surface area contributed by atoms with Crippen molar-refractivity contribution in [2.24, 2.45) is 0 Å². The van der Waals surface area contributed by atoms with Crippen molar-refractivity contribution in [3.63, 3.8) is 0 Å². The Hall–Kier alpha value is -2.40. The highest BCUT2D eigenvalue weighted by atomic mass is 32.2. The van der Waals surface area contributed by atoms with E-state index in [1.165, 1.54) is 4.90 Å². The van der Waals surface area contributed by atoms with Crippen molar-refractivity contribution in [1.82, 2.24) is 0 Å². The molecule has 0 bridgehead atoms. The zero-order valence-electron chi connectivity index (χ0n) is 14.7. The van der Waals surface area contributed by atoms with Crippen molar-refractivity contribution in [1.29, 1.82) is 0 Å². The lowest BCUT2D eigenvalue weighted by Gasteiger charge is -2.11. The van der Waals surface area contributed by atoms with Crippen LogP contribution < -0.4 is 9.47 Å². The van der Waals surface area contributed by atoms with Gasteiger partial charge >= 0.3 is 5.97 Å². The van der Waals surface area contributed by atoms with Crippen LogP contribution in [0.4, 0.5) is 0 Å². The quantitative estimate of drug-likeness (QED) is 0.511. The van der Waals surface area contributed by atoms with E-state index in [1.807, 2.05) is 61.7 Å². The van der Waals surface area contributed by atoms with Gasteiger partial charge < -0.3 is 14.2 Å². The second kappa shape index (κ2) is 9.79. The average molecular weight is 358 g/mol. The smallest absolute Gasteiger partial charge is 0.344 e. The van der Waals surface area contributed by atoms with E-state index >= 15 is 0 Å². The molecular formula is C20H22O4S. The number of carbonyl (C=O) groups excluding carboxylic acids is 1. The van der Waals surface area contributed by atoms with E-state index in [0.29, 0.717) is 11.5 Å². The summed E-state index contributed by atoms with van der Waals surface area (Å²) in [6, 6.07) is 13.4. The summed E-state index contributed by atoms with van der Waals surface area (Å²) in [5.74, 6) is 0.668. The van der Waals surface area contributed by atoms with Crippen LogP contribution in [0.15, 0.2) is 53.4 Å². The summed E-state index contributed by atoms with van der Waals surface area (Å²) < 4.78 is 16.1. The molecule has 2 aromatic rings. The summed E-state index contributed by atoms with van der Waals surface area (Å²) in [6.45, 7) is 2.01. The number of hydrogen-bond acceptors (Lipinski definition) is 5. The monoisotopic (exact) mass is 358 g/mol. The van der Waals surface area contributed by atoms with Gasteiger partial charge in [-0.25, -0.2) is 4.79 Å². The number of rotatable bonds is 8. The summed E-state index contributed by atoms with van der Waals surface area (Å²) in [4.78, 5) is 13.1. The Bertz CT molecular complexity index is 723. The van der Waals surface area contributed by atoms with E-state index < -0.39 is 5.97 Å². The fourth-order valence-corrected chi connectivity index (χ4v) is 2.57. The predicted molar refractivity (Wildman–Crippen MR) is 101 cm³/mol. The number of methoxy groups -OCH3 is 1. The van der Waals surface area contributed by atoms with E-state index in [0.717, 1.165) is 11.1 Å². The standard InChI is InChI=1S/C20H22O4S/c1-4-5-15-8-11-18(19(12-15)22-2)23-14-20(21)24-13-16-6-9-17(25-3)10-7-16/h4-12H,13-14H2,1-3H3/b5-4+. The molecule has 0 aliphatic carbocycles. The lowest BCUT2D eigenvalue weighted by molar-refractivity contribution is -0.147. The molecule has 2 aromatic carbocycles. The first kappa shape index (κ1) is 18.9. The van der Waals surface area contributed by atoms with Gasteiger partial charge in [0.05, 0.1) is 7.11 Å². The van der Waals surface area contributed by atoms with Gasteiger partial charge in [-0.2, -0.15) is 0 Å². The highest BCUT2D eigenvalue weighted by molar-refractivity contribution is 7.98. The Kier molecular flexibility index (Phi) is 7.41. The van der Waals surface area contributed by atoms with Crippen molar-refractivity contribution in [2.75, 3.05) is 20.0 Å². The maximum absolute atomic E-state index is 11.9. The van der Waals surface area contributed by atoms with E-state index in [9.17, 15) is 4.79 Å². The van der Waals surface area contributed by atoms with E-state index in [4.69, 9.17) is 14.2 Å². The molecule has 0 saturated carbocycles. The predicted octanol–water partition coefficient (Wildman–Crippen LogP) is 4.57. The molecule has 0 unspecified atom stereocenters. The number of allylic oxidation sites excluding steroid dienone is 1. The SMILES string of the molecule is C/C=C/c1ccc(OCC(=O)OCc2ccc(SC)cc2)c(OC)c1. The highest BCUT2D eigenvalue weighted by Gasteiger charge is 2.09. The van der Waals surface area contributed by atoms with E-state index in [2.05, 4.69) is 0 Å². The number of ether oxygens (including phenoxy) is 3. The van der Waals surface area contributed by atoms with Crippen LogP contribution in [0.2, 0.25) is 0 Å². The molecule has 2 rings (SSSR count). The first-order valence-electron chi connectivity index (χ1n) is 7.88. The fourth-order valence-electron chi connectivity index (χ4n) is 2.16. The molecule has 0 heterocycles. The number of esters is 1. The molecule has 0 amide bonds. The number of carbonyl (C=O) groups is 1. The summed E-state index contributed by atoms with van der Waals surface area (Å²) in [5.41, 5.74) is 1.95. The zero-order chi connectivity index (χ0) is 18.1. The molecule has 25 heavy (non-hydrogen) atoms. The van der Waals surface area contributed by atoms with E-state index in [1.54, 1.807) is 24.9 Å². The van der Waals surface area contributed by atoms with Gasteiger partial charge in [0.15, 0.2) is 18.1 Å². The van der Waals surface area contributed by atoms with Crippen LogP contribution in [-0.4, -0.2) is 25.9 Å². The van der Waals surface area contributed by atoms with Crippen molar-refractivity contribution >= 4 is 23.8 Å². The Labute approximate surface area is 152 Å². The Morgan fingerprint density at radius 2 is 1.88 bits per heavy atom. The van der Waals surface area contributed by atoms with Gasteiger partial charge in [-0.1, -0.05) is 30.4 Å². The second-order valence-corrected chi connectivity index (χ2v) is 6.09. The molecule has 132 valence electrons. The zero-order valence-corrected chi connectivity index (χ0v) is 15.5. The van der Waals surface area contributed by atoms with Crippen LogP contribution in [0.3, 0.4) is 0 Å². The fraction of sp³-hybridized carbons (Fsp3) is 0.250. The van der Waals surface area contributed by atoms with Crippen LogP contribution >= 0.6 is 11.8 Å². The van der Waals surface area contributed by atoms with Gasteiger partial charge in [0.2, 0.25) is 0 Å². The average Bonchev–Trinajstić information content (AvgIpc) is 2.65. The molecule has 4 nitrogen and oxygen atoms in total. The largest absolute Gasteiger partial charge is 0.493 e. The maximum atomic E-state index is 11.9. The van der Waals surface area contributed by atoms with Crippen LogP contribution in [0.1, 0.15) is 18.1 Å².